The van der Waals surface area contributed by atoms with Crippen LogP contribution in [0.2, 0.25) is 0 Å². The zero-order valence-corrected chi connectivity index (χ0v) is 10.7. The number of carbonyl (C=O) groups excluding carboxylic acids is 2. The smallest absolute Gasteiger partial charge is 0.246 e. The fraction of sp³-hybridized carbons (Fsp3) is 0.818. The van der Waals surface area contributed by atoms with E-state index in [2.05, 4.69) is 10.2 Å². The van der Waals surface area contributed by atoms with Gasteiger partial charge in [0.15, 0.2) is 0 Å². The van der Waals surface area contributed by atoms with Crippen LogP contribution < -0.4 is 5.32 Å². The zero-order chi connectivity index (χ0) is 12.8. The number of carbonyl (C=O) groups is 2. The third-order valence-electron chi connectivity index (χ3n) is 2.84. The molecular weight excluding hydrogens is 222 g/mol. The van der Waals surface area contributed by atoms with Crippen LogP contribution in [0.1, 0.15) is 6.92 Å². The van der Waals surface area contributed by atoms with E-state index in [1.54, 1.807) is 11.8 Å². The molecule has 1 heterocycles. The molecule has 0 aromatic carbocycles. The third kappa shape index (κ3) is 4.32. The van der Waals surface area contributed by atoms with E-state index in [0.717, 1.165) is 26.2 Å². The lowest BCUT2D eigenvalue weighted by molar-refractivity contribution is -0.138. The van der Waals surface area contributed by atoms with Crippen molar-refractivity contribution in [1.82, 2.24) is 15.1 Å². The normalized spacial score (nSPS) is 18.9. The molecule has 0 unspecified atom stereocenters. The predicted octanol–water partition coefficient (Wildman–Crippen LogP) is -1.09. The van der Waals surface area contributed by atoms with Crippen molar-refractivity contribution >= 4 is 11.8 Å². The van der Waals surface area contributed by atoms with Crippen molar-refractivity contribution in [3.63, 3.8) is 0 Å². The minimum absolute atomic E-state index is 0.0135. The SMILES string of the molecule is COCC(=O)N[C@H](C)C(=O)N1CCN(C)CC1. The maximum Gasteiger partial charge on any atom is 0.246 e. The Bertz CT molecular complexity index is 275. The number of hydrogen-bond donors (Lipinski definition) is 1. The summed E-state index contributed by atoms with van der Waals surface area (Å²) in [6.45, 7) is 4.89. The summed E-state index contributed by atoms with van der Waals surface area (Å²) >= 11 is 0. The van der Waals surface area contributed by atoms with E-state index in [0.29, 0.717) is 0 Å². The van der Waals surface area contributed by atoms with Crippen molar-refractivity contribution in [2.24, 2.45) is 0 Å². The second-order valence-electron chi connectivity index (χ2n) is 4.35. The summed E-state index contributed by atoms with van der Waals surface area (Å²) < 4.78 is 4.70. The van der Waals surface area contributed by atoms with Gasteiger partial charge in [-0.25, -0.2) is 0 Å². The number of nitrogens with one attached hydrogen (secondary N) is 1. The Morgan fingerprint density at radius 1 is 1.29 bits per heavy atom. The number of amides is 2. The molecule has 0 saturated carbocycles. The van der Waals surface area contributed by atoms with Crippen molar-refractivity contribution in [3.8, 4) is 0 Å². The van der Waals surface area contributed by atoms with E-state index in [1.165, 1.54) is 7.11 Å². The van der Waals surface area contributed by atoms with E-state index in [9.17, 15) is 9.59 Å². The van der Waals surface area contributed by atoms with Crippen LogP contribution in [0.25, 0.3) is 0 Å². The fourth-order valence-electron chi connectivity index (χ4n) is 1.78. The van der Waals surface area contributed by atoms with Crippen LogP contribution in [0.4, 0.5) is 0 Å². The predicted molar refractivity (Wildman–Crippen MR) is 63.6 cm³/mol. The van der Waals surface area contributed by atoms with Crippen molar-refractivity contribution in [3.05, 3.63) is 0 Å². The number of likely N-dealkylation sites (N-methyl/N-ethyl adjacent to an activating group) is 1. The molecule has 1 N–H and O–H groups in total. The molecule has 1 saturated heterocycles. The lowest BCUT2D eigenvalue weighted by atomic mass is 10.2. The summed E-state index contributed by atoms with van der Waals surface area (Å²) in [5, 5.41) is 2.62. The molecule has 1 atom stereocenters. The minimum atomic E-state index is -0.485. The van der Waals surface area contributed by atoms with Crippen molar-refractivity contribution < 1.29 is 14.3 Å². The Morgan fingerprint density at radius 2 is 1.88 bits per heavy atom. The summed E-state index contributed by atoms with van der Waals surface area (Å²) in [5.41, 5.74) is 0. The highest BCUT2D eigenvalue weighted by atomic mass is 16.5. The second kappa shape index (κ2) is 6.56. The summed E-state index contributed by atoms with van der Waals surface area (Å²) in [6, 6.07) is -0.485. The van der Waals surface area contributed by atoms with Gasteiger partial charge in [0, 0.05) is 33.3 Å². The summed E-state index contributed by atoms with van der Waals surface area (Å²) in [6.07, 6.45) is 0. The molecule has 6 nitrogen and oxygen atoms in total. The Kier molecular flexibility index (Phi) is 5.37. The molecule has 1 aliphatic heterocycles. The molecule has 1 rings (SSSR count). The molecule has 0 bridgehead atoms. The Balaban J connectivity index is 2.38. The third-order valence-corrected chi connectivity index (χ3v) is 2.84. The summed E-state index contributed by atoms with van der Waals surface area (Å²) in [5.74, 6) is -0.287. The molecular formula is C11H21N3O3. The molecule has 0 spiro atoms. The van der Waals surface area contributed by atoms with E-state index in [1.807, 2.05) is 7.05 Å². The Labute approximate surface area is 102 Å². The van der Waals surface area contributed by atoms with Gasteiger partial charge in [0.05, 0.1) is 0 Å². The first-order chi connectivity index (χ1) is 8.04. The quantitative estimate of drug-likeness (QED) is 0.681. The van der Waals surface area contributed by atoms with Gasteiger partial charge in [-0.1, -0.05) is 0 Å². The van der Waals surface area contributed by atoms with Gasteiger partial charge in [-0.3, -0.25) is 9.59 Å². The van der Waals surface area contributed by atoms with Gasteiger partial charge >= 0.3 is 0 Å². The molecule has 17 heavy (non-hydrogen) atoms. The van der Waals surface area contributed by atoms with Crippen LogP contribution in [0, 0.1) is 0 Å². The van der Waals surface area contributed by atoms with E-state index < -0.39 is 6.04 Å². The van der Waals surface area contributed by atoms with Gasteiger partial charge in [0.1, 0.15) is 12.6 Å². The summed E-state index contributed by atoms with van der Waals surface area (Å²) in [4.78, 5) is 27.2. The molecule has 1 fully saturated rings. The zero-order valence-electron chi connectivity index (χ0n) is 10.7. The molecule has 2 amide bonds. The first-order valence-electron chi connectivity index (χ1n) is 5.80. The maximum absolute atomic E-state index is 12.0. The van der Waals surface area contributed by atoms with E-state index >= 15 is 0 Å². The monoisotopic (exact) mass is 243 g/mol. The van der Waals surface area contributed by atoms with E-state index in [4.69, 9.17) is 4.74 Å². The lowest BCUT2D eigenvalue weighted by Crippen LogP contribution is -2.53. The molecule has 0 aromatic heterocycles. The topological polar surface area (TPSA) is 61.9 Å². The standard InChI is InChI=1S/C11H21N3O3/c1-9(12-10(15)8-17-3)11(16)14-6-4-13(2)5-7-14/h9H,4-8H2,1-3H3,(H,12,15)/t9-/m1/s1. The fourth-order valence-corrected chi connectivity index (χ4v) is 1.78. The number of hydrogen-bond acceptors (Lipinski definition) is 4. The van der Waals surface area contributed by atoms with Crippen LogP contribution >= 0.6 is 0 Å². The second-order valence-corrected chi connectivity index (χ2v) is 4.35. The van der Waals surface area contributed by atoms with Gasteiger partial charge in [-0.05, 0) is 14.0 Å². The molecule has 1 aliphatic rings. The van der Waals surface area contributed by atoms with Gasteiger partial charge < -0.3 is 19.9 Å². The molecule has 0 aromatic rings. The first-order valence-corrected chi connectivity index (χ1v) is 5.80. The van der Waals surface area contributed by atoms with Crippen LogP contribution in [-0.4, -0.2) is 74.6 Å². The minimum Gasteiger partial charge on any atom is -0.375 e. The number of ether oxygens (including phenoxy) is 1. The molecule has 6 heteroatoms. The van der Waals surface area contributed by atoms with Crippen molar-refractivity contribution in [2.45, 2.75) is 13.0 Å². The lowest BCUT2D eigenvalue weighted by Gasteiger charge is -2.34. The van der Waals surface area contributed by atoms with Crippen molar-refractivity contribution in [2.75, 3.05) is 46.9 Å². The van der Waals surface area contributed by atoms with Crippen LogP contribution in [0.3, 0.4) is 0 Å². The maximum atomic E-state index is 12.0. The van der Waals surface area contributed by atoms with Crippen LogP contribution in [0.15, 0.2) is 0 Å². The van der Waals surface area contributed by atoms with Gasteiger partial charge in [-0.2, -0.15) is 0 Å². The molecule has 98 valence electrons. The highest BCUT2D eigenvalue weighted by molar-refractivity contribution is 5.87. The highest BCUT2D eigenvalue weighted by Crippen LogP contribution is 2.02. The van der Waals surface area contributed by atoms with Crippen molar-refractivity contribution in [1.29, 1.82) is 0 Å². The van der Waals surface area contributed by atoms with Crippen LogP contribution in [-0.2, 0) is 14.3 Å². The van der Waals surface area contributed by atoms with E-state index in [-0.39, 0.29) is 18.4 Å². The number of nitrogens with zero attached hydrogens (tertiary/aromatic N) is 2. The Hall–Kier alpha value is -1.14. The number of piperazine rings is 1. The largest absolute Gasteiger partial charge is 0.375 e. The number of methoxy groups -OCH3 is 1. The molecule has 0 radical (unpaired) electrons. The average Bonchev–Trinajstić information content (AvgIpc) is 2.29. The van der Waals surface area contributed by atoms with Gasteiger partial charge in [0.25, 0.3) is 0 Å². The molecule has 0 aliphatic carbocycles. The first kappa shape index (κ1) is 13.9. The highest BCUT2D eigenvalue weighted by Gasteiger charge is 2.24. The van der Waals surface area contributed by atoms with Gasteiger partial charge in [-0.15, -0.1) is 0 Å². The van der Waals surface area contributed by atoms with Gasteiger partial charge in [0.2, 0.25) is 11.8 Å². The average molecular weight is 243 g/mol. The number of rotatable bonds is 4. The summed E-state index contributed by atoms with van der Waals surface area (Å²) in [7, 11) is 3.48. The Morgan fingerprint density at radius 3 is 2.41 bits per heavy atom. The van der Waals surface area contributed by atoms with Crippen LogP contribution in [0.5, 0.6) is 0 Å².